The zero-order valence-electron chi connectivity index (χ0n) is 20.8. The van der Waals surface area contributed by atoms with E-state index in [1.807, 2.05) is 30.3 Å². The fourth-order valence-corrected chi connectivity index (χ4v) is 5.03. The number of amides is 2. The zero-order valence-corrected chi connectivity index (χ0v) is 22.3. The van der Waals surface area contributed by atoms with Crippen LogP contribution in [0.25, 0.3) is 0 Å². The lowest BCUT2D eigenvalue weighted by Gasteiger charge is -2.44. The summed E-state index contributed by atoms with van der Waals surface area (Å²) in [6.07, 6.45) is -0.723. The van der Waals surface area contributed by atoms with Gasteiger partial charge in [0.1, 0.15) is 0 Å². The fraction of sp³-hybridized carbons (Fsp3) is 0.286. The van der Waals surface area contributed by atoms with E-state index in [0.717, 1.165) is 16.8 Å². The molecule has 194 valence electrons. The van der Waals surface area contributed by atoms with Gasteiger partial charge in [-0.2, -0.15) is 0 Å². The van der Waals surface area contributed by atoms with Gasteiger partial charge in [-0.1, -0.05) is 47.5 Å². The summed E-state index contributed by atoms with van der Waals surface area (Å²) in [6.45, 7) is 2.45. The Bertz CT molecular complexity index is 1270. The first-order valence-corrected chi connectivity index (χ1v) is 12.7. The van der Waals surface area contributed by atoms with Gasteiger partial charge < -0.3 is 20.6 Å². The Labute approximate surface area is 227 Å². The topological polar surface area (TPSA) is 90.1 Å². The molecule has 0 bridgehead atoms. The Kier molecular flexibility index (Phi) is 8.39. The number of halogens is 2. The second-order valence-electron chi connectivity index (χ2n) is 9.39. The summed E-state index contributed by atoms with van der Waals surface area (Å²) in [5, 5.41) is 12.1. The van der Waals surface area contributed by atoms with Crippen LogP contribution in [0.1, 0.15) is 44.0 Å². The summed E-state index contributed by atoms with van der Waals surface area (Å²) in [5.41, 5.74) is 8.90. The van der Waals surface area contributed by atoms with Crippen LogP contribution in [-0.2, 0) is 0 Å². The van der Waals surface area contributed by atoms with Crippen LogP contribution in [0.15, 0.2) is 66.7 Å². The average Bonchev–Trinajstić information content (AvgIpc) is 2.88. The smallest absolute Gasteiger partial charge is 0.253 e. The molecule has 37 heavy (non-hydrogen) atoms. The molecule has 0 spiro atoms. The van der Waals surface area contributed by atoms with Crippen LogP contribution >= 0.6 is 23.2 Å². The van der Waals surface area contributed by atoms with E-state index in [1.54, 1.807) is 50.5 Å². The number of aliphatic hydroxyl groups is 1. The first-order chi connectivity index (χ1) is 17.6. The Morgan fingerprint density at radius 2 is 1.65 bits per heavy atom. The van der Waals surface area contributed by atoms with Crippen LogP contribution in [0.4, 0.5) is 5.69 Å². The lowest BCUT2D eigenvalue weighted by molar-refractivity contribution is 0.0827. The molecule has 2 atom stereocenters. The van der Waals surface area contributed by atoms with Crippen LogP contribution in [0.5, 0.6) is 0 Å². The van der Waals surface area contributed by atoms with Gasteiger partial charge in [-0.3, -0.25) is 14.5 Å². The van der Waals surface area contributed by atoms with Crippen molar-refractivity contribution in [2.45, 2.75) is 12.1 Å². The van der Waals surface area contributed by atoms with Gasteiger partial charge in [0.15, 0.2) is 0 Å². The molecule has 0 aliphatic carbocycles. The lowest BCUT2D eigenvalue weighted by atomic mass is 9.99. The average molecular weight is 541 g/mol. The molecule has 3 N–H and O–H groups in total. The maximum absolute atomic E-state index is 12.4. The van der Waals surface area contributed by atoms with E-state index in [0.29, 0.717) is 47.4 Å². The molecular formula is C28H30Cl2N4O3. The molecule has 0 radical (unpaired) electrons. The molecule has 0 saturated carbocycles. The number of aliphatic hydroxyl groups excluding tert-OH is 1. The third kappa shape index (κ3) is 6.25. The predicted octanol–water partition coefficient (Wildman–Crippen LogP) is 4.39. The van der Waals surface area contributed by atoms with Gasteiger partial charge in [0.25, 0.3) is 5.91 Å². The molecule has 3 aromatic rings. The second kappa shape index (κ2) is 11.5. The van der Waals surface area contributed by atoms with Gasteiger partial charge in [0.2, 0.25) is 5.91 Å². The van der Waals surface area contributed by atoms with E-state index in [4.69, 9.17) is 28.9 Å². The van der Waals surface area contributed by atoms with Crippen molar-refractivity contribution in [2.75, 3.05) is 45.2 Å². The van der Waals surface area contributed by atoms with E-state index in [1.165, 1.54) is 4.90 Å². The monoisotopic (exact) mass is 540 g/mol. The summed E-state index contributed by atoms with van der Waals surface area (Å²) < 4.78 is 0. The highest BCUT2D eigenvalue weighted by Crippen LogP contribution is 2.36. The number of β-amino-alcohol motifs (C(OH)–C–C–N with tert-alkyl or cyclic N) is 1. The fourth-order valence-electron chi connectivity index (χ4n) is 4.61. The Hall–Kier alpha value is -3.10. The van der Waals surface area contributed by atoms with Crippen molar-refractivity contribution in [3.8, 4) is 0 Å². The van der Waals surface area contributed by atoms with Crippen molar-refractivity contribution in [3.63, 3.8) is 0 Å². The van der Waals surface area contributed by atoms with Crippen LogP contribution in [0.3, 0.4) is 0 Å². The Balaban J connectivity index is 1.57. The van der Waals surface area contributed by atoms with Crippen molar-refractivity contribution < 1.29 is 14.7 Å². The van der Waals surface area contributed by atoms with Crippen LogP contribution in [0, 0.1) is 0 Å². The van der Waals surface area contributed by atoms with Crippen LogP contribution in [-0.4, -0.2) is 67.0 Å². The normalized spacial score (nSPS) is 16.9. The van der Waals surface area contributed by atoms with Gasteiger partial charge in [-0.05, 0) is 53.6 Å². The maximum Gasteiger partial charge on any atom is 0.253 e. The maximum atomic E-state index is 12.4. The molecule has 9 heteroatoms. The standard InChI is InChI=1S/C28H30Cl2N4O3/c1-32(2)28(37)21-9-12-24(23(30)15-21)34-14-13-33(16-25(34)18-7-10-22(29)11-8-18)17-26(35)19-3-5-20(6-4-19)27(31)36/h3-12,15,25-26,35H,13-14,16-17H2,1-2H3,(H2,31,36)/t25-,26+/m0/s1. The van der Waals surface area contributed by atoms with E-state index >= 15 is 0 Å². The number of nitrogens with zero attached hydrogens (tertiary/aromatic N) is 3. The van der Waals surface area contributed by atoms with Gasteiger partial charge >= 0.3 is 0 Å². The molecule has 4 rings (SSSR count). The van der Waals surface area contributed by atoms with Crippen molar-refractivity contribution in [1.82, 2.24) is 9.80 Å². The number of anilines is 1. The highest BCUT2D eigenvalue weighted by Gasteiger charge is 2.31. The summed E-state index contributed by atoms with van der Waals surface area (Å²) in [7, 11) is 3.42. The van der Waals surface area contributed by atoms with Crippen molar-refractivity contribution in [3.05, 3.63) is 99.0 Å². The van der Waals surface area contributed by atoms with Crippen LogP contribution < -0.4 is 10.6 Å². The molecule has 0 aromatic heterocycles. The summed E-state index contributed by atoms with van der Waals surface area (Å²) in [6, 6.07) is 19.8. The molecular weight excluding hydrogens is 511 g/mol. The third-order valence-electron chi connectivity index (χ3n) is 6.64. The summed E-state index contributed by atoms with van der Waals surface area (Å²) >= 11 is 12.9. The molecule has 2 amide bonds. The molecule has 1 aliphatic heterocycles. The quantitative estimate of drug-likeness (QED) is 0.463. The molecule has 1 heterocycles. The highest BCUT2D eigenvalue weighted by molar-refractivity contribution is 6.33. The van der Waals surface area contributed by atoms with Gasteiger partial charge in [0, 0.05) is 56.4 Å². The molecule has 1 aliphatic rings. The molecule has 0 unspecified atom stereocenters. The third-order valence-corrected chi connectivity index (χ3v) is 7.20. The molecule has 3 aromatic carbocycles. The second-order valence-corrected chi connectivity index (χ2v) is 10.2. The van der Waals surface area contributed by atoms with Gasteiger partial charge in [0.05, 0.1) is 22.9 Å². The minimum absolute atomic E-state index is 0.0524. The zero-order chi connectivity index (χ0) is 26.7. The van der Waals surface area contributed by atoms with Gasteiger partial charge in [-0.25, -0.2) is 0 Å². The molecule has 1 saturated heterocycles. The number of piperazine rings is 1. The van der Waals surface area contributed by atoms with Crippen molar-refractivity contribution >= 4 is 40.7 Å². The predicted molar refractivity (Wildman–Crippen MR) is 147 cm³/mol. The Morgan fingerprint density at radius 1 is 1.00 bits per heavy atom. The molecule has 7 nitrogen and oxygen atoms in total. The first-order valence-electron chi connectivity index (χ1n) is 12.0. The summed E-state index contributed by atoms with van der Waals surface area (Å²) in [5.74, 6) is -0.605. The number of carbonyl (C=O) groups excluding carboxylic acids is 2. The lowest BCUT2D eigenvalue weighted by Crippen LogP contribution is -2.49. The largest absolute Gasteiger partial charge is 0.387 e. The SMILES string of the molecule is CN(C)C(=O)c1ccc(N2CCN(C[C@@H](O)c3ccc(C(N)=O)cc3)C[C@H]2c2ccc(Cl)cc2)c(Cl)c1. The number of benzene rings is 3. The van der Waals surface area contributed by atoms with Gasteiger partial charge in [-0.15, -0.1) is 0 Å². The van der Waals surface area contributed by atoms with E-state index in [9.17, 15) is 14.7 Å². The van der Waals surface area contributed by atoms with Crippen molar-refractivity contribution in [1.29, 1.82) is 0 Å². The number of hydrogen-bond donors (Lipinski definition) is 2. The summed E-state index contributed by atoms with van der Waals surface area (Å²) in [4.78, 5) is 29.7. The van der Waals surface area contributed by atoms with Crippen molar-refractivity contribution in [2.24, 2.45) is 5.73 Å². The first kappa shape index (κ1) is 26.9. The van der Waals surface area contributed by atoms with Crippen LogP contribution in [0.2, 0.25) is 10.0 Å². The number of primary amides is 1. The number of carbonyl (C=O) groups is 2. The number of rotatable bonds is 7. The van der Waals surface area contributed by atoms with E-state index in [2.05, 4.69) is 9.80 Å². The van der Waals surface area contributed by atoms with E-state index in [-0.39, 0.29) is 11.9 Å². The number of nitrogens with two attached hydrogens (primary N) is 1. The minimum atomic E-state index is -0.723. The Morgan fingerprint density at radius 3 is 2.24 bits per heavy atom. The number of hydrogen-bond acceptors (Lipinski definition) is 5. The minimum Gasteiger partial charge on any atom is -0.387 e. The highest BCUT2D eigenvalue weighted by atomic mass is 35.5. The molecule has 1 fully saturated rings. The van der Waals surface area contributed by atoms with E-state index < -0.39 is 12.0 Å².